The van der Waals surface area contributed by atoms with Crippen LogP contribution in [0.15, 0.2) is 54.6 Å². The first-order chi connectivity index (χ1) is 18.7. The van der Waals surface area contributed by atoms with Gasteiger partial charge in [0.1, 0.15) is 6.10 Å². The van der Waals surface area contributed by atoms with Crippen molar-refractivity contribution in [1.29, 1.82) is 0 Å². The fourth-order valence-corrected chi connectivity index (χ4v) is 6.67. The van der Waals surface area contributed by atoms with Crippen molar-refractivity contribution in [3.63, 3.8) is 0 Å². The third-order valence-corrected chi connectivity index (χ3v) is 8.86. The number of rotatable bonds is 8. The zero-order chi connectivity index (χ0) is 28.9. The van der Waals surface area contributed by atoms with Gasteiger partial charge in [-0.05, 0) is 56.0 Å². The predicted octanol–water partition coefficient (Wildman–Crippen LogP) is 6.38. The summed E-state index contributed by atoms with van der Waals surface area (Å²) in [4.78, 5) is 26.2. The van der Waals surface area contributed by atoms with Crippen molar-refractivity contribution in [3.8, 4) is 0 Å². The van der Waals surface area contributed by atoms with E-state index < -0.39 is 23.1 Å². The molecule has 2 aromatic rings. The molecular formula is C29H40Cl2N2O5S. The van der Waals surface area contributed by atoms with Gasteiger partial charge >= 0.3 is 5.97 Å². The van der Waals surface area contributed by atoms with Gasteiger partial charge in [-0.15, -0.1) is 0 Å². The zero-order valence-electron chi connectivity index (χ0n) is 23.1. The van der Waals surface area contributed by atoms with Crippen molar-refractivity contribution in [2.75, 3.05) is 18.9 Å². The molecule has 0 saturated carbocycles. The Morgan fingerprint density at radius 1 is 1.10 bits per heavy atom. The van der Waals surface area contributed by atoms with Crippen LogP contribution < -0.4 is 0 Å². The summed E-state index contributed by atoms with van der Waals surface area (Å²) >= 11 is 11.6. The summed E-state index contributed by atoms with van der Waals surface area (Å²) < 4.78 is 20.7. The van der Waals surface area contributed by atoms with E-state index in [0.717, 1.165) is 30.0 Å². The van der Waals surface area contributed by atoms with Crippen molar-refractivity contribution in [1.82, 2.24) is 9.21 Å². The second-order valence-electron chi connectivity index (χ2n) is 9.21. The van der Waals surface area contributed by atoms with Gasteiger partial charge in [-0.3, -0.25) is 9.59 Å². The molecule has 2 heterocycles. The number of hydrogen-bond donors (Lipinski definition) is 1. The number of carbonyl (C=O) groups is 2. The monoisotopic (exact) mass is 598 g/mol. The summed E-state index contributed by atoms with van der Waals surface area (Å²) in [5.41, 5.74) is 0.861. The molecule has 0 aromatic heterocycles. The minimum absolute atomic E-state index is 0.189. The highest BCUT2D eigenvalue weighted by atomic mass is 35.5. The maximum Gasteiger partial charge on any atom is 0.306 e. The Balaban J connectivity index is 0.000000507. The minimum atomic E-state index is -1.21. The van der Waals surface area contributed by atoms with Gasteiger partial charge in [0.05, 0.1) is 35.8 Å². The molecule has 2 aliphatic rings. The molecule has 39 heavy (non-hydrogen) atoms. The highest BCUT2D eigenvalue weighted by Crippen LogP contribution is 2.32. The predicted molar refractivity (Wildman–Crippen MR) is 158 cm³/mol. The third-order valence-electron chi connectivity index (χ3n) is 6.62. The van der Waals surface area contributed by atoms with Crippen LogP contribution in [0.5, 0.6) is 0 Å². The Kier molecular flexibility index (Phi) is 14.5. The van der Waals surface area contributed by atoms with Gasteiger partial charge in [0, 0.05) is 28.7 Å². The first-order valence-corrected chi connectivity index (χ1v) is 15.5. The summed E-state index contributed by atoms with van der Waals surface area (Å²) in [6.07, 6.45) is 1.25. The molecule has 2 unspecified atom stereocenters. The molecule has 2 fully saturated rings. The maximum atomic E-state index is 13.3. The van der Waals surface area contributed by atoms with Crippen molar-refractivity contribution < 1.29 is 23.6 Å². The largest absolute Gasteiger partial charge is 0.481 e. The van der Waals surface area contributed by atoms with E-state index in [1.54, 1.807) is 17.0 Å². The van der Waals surface area contributed by atoms with E-state index in [9.17, 15) is 18.9 Å². The van der Waals surface area contributed by atoms with Crippen molar-refractivity contribution >= 4 is 46.1 Å². The Morgan fingerprint density at radius 2 is 1.72 bits per heavy atom. The number of halogens is 2. The molecule has 1 amide bonds. The summed E-state index contributed by atoms with van der Waals surface area (Å²) in [6.45, 7) is 9.02. The van der Waals surface area contributed by atoms with E-state index >= 15 is 0 Å². The standard InChI is InChI=1S/C21H29ClN2O5S.C6H5Cl.C2H6/c1-3-17(13-30(28)23-10-4-5-14(23)2)24-18(15-6-8-16(22)9-7-15)12-29-19(21(24)27)11-20(25)26;7-6-4-2-1-3-5-6;1-2/h6-9,14,17-19H,3-5,10-13H2,1-2H3,(H,25,26);1-5H;1-2H3/t14?,17-,18-,19+,30?;;/m0../s1. The lowest BCUT2D eigenvalue weighted by atomic mass is 9.99. The van der Waals surface area contributed by atoms with E-state index in [1.165, 1.54) is 0 Å². The van der Waals surface area contributed by atoms with Gasteiger partial charge in [-0.2, -0.15) is 0 Å². The van der Waals surface area contributed by atoms with Gasteiger partial charge in [0.15, 0.2) is 0 Å². The van der Waals surface area contributed by atoms with Crippen LogP contribution in [0, 0.1) is 0 Å². The van der Waals surface area contributed by atoms with Crippen LogP contribution in [0.1, 0.15) is 65.0 Å². The Bertz CT molecular complexity index is 1060. The molecule has 4 rings (SSSR count). The number of ether oxygens (including phenoxy) is 1. The highest BCUT2D eigenvalue weighted by molar-refractivity contribution is 7.82. The smallest absolute Gasteiger partial charge is 0.306 e. The van der Waals surface area contributed by atoms with Crippen LogP contribution in [-0.4, -0.2) is 67.5 Å². The Hall–Kier alpha value is -1.97. The van der Waals surface area contributed by atoms with Crippen molar-refractivity contribution in [2.45, 2.75) is 77.6 Å². The van der Waals surface area contributed by atoms with Gasteiger partial charge in [-0.1, -0.05) is 74.3 Å². The minimum Gasteiger partial charge on any atom is -0.481 e. The van der Waals surface area contributed by atoms with E-state index in [1.807, 2.05) is 67.5 Å². The molecule has 0 radical (unpaired) electrons. The second kappa shape index (κ2) is 17.0. The lowest BCUT2D eigenvalue weighted by Gasteiger charge is -2.44. The average molecular weight is 600 g/mol. The number of aliphatic carboxylic acids is 1. The molecule has 5 atom stereocenters. The molecule has 7 nitrogen and oxygen atoms in total. The van der Waals surface area contributed by atoms with Crippen LogP contribution in [-0.2, 0) is 25.3 Å². The topological polar surface area (TPSA) is 87.2 Å². The Labute approximate surface area is 245 Å². The number of morpholine rings is 1. The fraction of sp³-hybridized carbons (Fsp3) is 0.517. The zero-order valence-corrected chi connectivity index (χ0v) is 25.4. The van der Waals surface area contributed by atoms with Crippen LogP contribution in [0.4, 0.5) is 0 Å². The summed E-state index contributed by atoms with van der Waals surface area (Å²) in [5, 5.41) is 10.6. The number of hydrogen-bond acceptors (Lipinski definition) is 4. The molecule has 2 aliphatic heterocycles. The van der Waals surface area contributed by atoms with Crippen LogP contribution in [0.3, 0.4) is 0 Å². The van der Waals surface area contributed by atoms with Gasteiger partial charge < -0.3 is 14.7 Å². The van der Waals surface area contributed by atoms with E-state index in [4.69, 9.17) is 27.9 Å². The summed E-state index contributed by atoms with van der Waals surface area (Å²) in [6, 6.07) is 16.3. The lowest BCUT2D eigenvalue weighted by molar-refractivity contribution is -0.168. The normalized spacial score (nSPS) is 22.7. The highest BCUT2D eigenvalue weighted by Gasteiger charge is 2.42. The molecule has 2 aromatic carbocycles. The van der Waals surface area contributed by atoms with Crippen LogP contribution in [0.25, 0.3) is 0 Å². The number of nitrogens with zero attached hydrogens (tertiary/aromatic N) is 2. The van der Waals surface area contributed by atoms with E-state index in [2.05, 4.69) is 6.92 Å². The third kappa shape index (κ3) is 9.87. The molecule has 216 valence electrons. The second-order valence-corrected chi connectivity index (χ2v) is 11.5. The van der Waals surface area contributed by atoms with Crippen LogP contribution >= 0.6 is 23.2 Å². The summed E-state index contributed by atoms with van der Waals surface area (Å²) in [7, 11) is -1.21. The number of amides is 1. The lowest BCUT2D eigenvalue weighted by Crippen LogP contribution is -2.56. The summed E-state index contributed by atoms with van der Waals surface area (Å²) in [5.74, 6) is -1.11. The number of carboxylic acid groups (broad SMARTS) is 1. The van der Waals surface area contributed by atoms with Crippen LogP contribution in [0.2, 0.25) is 10.0 Å². The average Bonchev–Trinajstić information content (AvgIpc) is 3.37. The Morgan fingerprint density at radius 3 is 2.21 bits per heavy atom. The van der Waals surface area contributed by atoms with E-state index in [0.29, 0.717) is 17.2 Å². The van der Waals surface area contributed by atoms with Gasteiger partial charge in [0.2, 0.25) is 0 Å². The van der Waals surface area contributed by atoms with Crippen molar-refractivity contribution in [3.05, 3.63) is 70.2 Å². The SMILES string of the molecule is CC.CC[C@@H](CS(=O)N1CCCC1C)N1C(=O)[C@@H](CC(=O)O)OC[C@H]1c1ccc(Cl)cc1.Clc1ccccc1. The fourth-order valence-electron chi connectivity index (χ4n) is 4.64. The quantitative estimate of drug-likeness (QED) is 0.381. The molecule has 10 heteroatoms. The molecule has 1 N–H and O–H groups in total. The van der Waals surface area contributed by atoms with Gasteiger partial charge in [-0.25, -0.2) is 8.51 Å². The maximum absolute atomic E-state index is 13.3. The number of carbonyl (C=O) groups excluding carboxylic acids is 1. The number of carboxylic acids is 1. The first-order valence-electron chi connectivity index (χ1n) is 13.5. The molecule has 0 bridgehead atoms. The molecule has 2 saturated heterocycles. The molecular weight excluding hydrogens is 559 g/mol. The first kappa shape index (κ1) is 33.2. The van der Waals surface area contributed by atoms with Crippen molar-refractivity contribution in [2.24, 2.45) is 0 Å². The number of benzene rings is 2. The molecule has 0 spiro atoms. The molecule has 0 aliphatic carbocycles. The van der Waals surface area contributed by atoms with E-state index in [-0.39, 0.29) is 37.1 Å². The van der Waals surface area contributed by atoms with Gasteiger partial charge in [0.25, 0.3) is 5.91 Å².